The molecule has 0 bridgehead atoms. The van der Waals surface area contributed by atoms with E-state index in [1.807, 2.05) is 66.6 Å². The molecule has 0 aliphatic carbocycles. The quantitative estimate of drug-likeness (QED) is 0.577. The van der Waals surface area contributed by atoms with Gasteiger partial charge in [-0.15, -0.1) is 21.5 Å². The number of thiophene rings is 1. The molecule has 0 aliphatic rings. The lowest BCUT2D eigenvalue weighted by Crippen LogP contribution is -2.37. The Hall–Kier alpha value is -2.12. The second kappa shape index (κ2) is 8.31. The van der Waals surface area contributed by atoms with Crippen molar-refractivity contribution in [3.05, 3.63) is 53.4 Å². The van der Waals surface area contributed by atoms with Crippen LogP contribution in [0.3, 0.4) is 0 Å². The van der Waals surface area contributed by atoms with Gasteiger partial charge in [0, 0.05) is 12.6 Å². The maximum absolute atomic E-state index is 12.6. The van der Waals surface area contributed by atoms with Crippen LogP contribution < -0.4 is 0 Å². The van der Waals surface area contributed by atoms with Crippen LogP contribution in [-0.4, -0.2) is 32.8 Å². The number of hydrogen-bond acceptors (Lipinski definition) is 6. The molecule has 25 heavy (non-hydrogen) atoms. The number of hydrogen-bond donors (Lipinski definition) is 0. The molecule has 0 radical (unpaired) electrons. The van der Waals surface area contributed by atoms with E-state index in [4.69, 9.17) is 4.42 Å². The van der Waals surface area contributed by atoms with Crippen LogP contribution >= 0.6 is 23.1 Å². The highest BCUT2D eigenvalue weighted by atomic mass is 32.2. The van der Waals surface area contributed by atoms with Crippen LogP contribution in [0.15, 0.2) is 57.5 Å². The monoisotopic (exact) mass is 373 g/mol. The molecule has 0 spiro atoms. The van der Waals surface area contributed by atoms with E-state index in [2.05, 4.69) is 10.2 Å². The summed E-state index contributed by atoms with van der Waals surface area (Å²) >= 11 is 2.82. The molecule has 0 fully saturated rings. The first-order valence-corrected chi connectivity index (χ1v) is 9.83. The maximum atomic E-state index is 12.6. The lowest BCUT2D eigenvalue weighted by atomic mass is 10.2. The van der Waals surface area contributed by atoms with E-state index in [1.54, 1.807) is 11.3 Å². The van der Waals surface area contributed by atoms with Crippen LogP contribution in [0, 0.1) is 0 Å². The molecule has 0 aliphatic heterocycles. The smallest absolute Gasteiger partial charge is 0.277 e. The summed E-state index contributed by atoms with van der Waals surface area (Å²) in [6.45, 7) is 4.64. The van der Waals surface area contributed by atoms with Crippen molar-refractivity contribution in [2.75, 3.05) is 5.75 Å². The Morgan fingerprint density at radius 3 is 2.68 bits per heavy atom. The lowest BCUT2D eigenvalue weighted by molar-refractivity contribution is -0.130. The molecular weight excluding hydrogens is 354 g/mol. The highest BCUT2D eigenvalue weighted by molar-refractivity contribution is 7.99. The minimum Gasteiger partial charge on any atom is -0.410 e. The zero-order chi connectivity index (χ0) is 17.6. The van der Waals surface area contributed by atoms with Crippen LogP contribution in [0.1, 0.15) is 19.4 Å². The first-order valence-electron chi connectivity index (χ1n) is 7.97. The third kappa shape index (κ3) is 4.70. The van der Waals surface area contributed by atoms with Gasteiger partial charge < -0.3 is 9.32 Å². The number of nitrogens with zero attached hydrogens (tertiary/aromatic N) is 3. The van der Waals surface area contributed by atoms with Crippen molar-refractivity contribution in [3.8, 4) is 10.8 Å². The Kier molecular flexibility index (Phi) is 5.88. The van der Waals surface area contributed by atoms with Gasteiger partial charge in [-0.05, 0) is 30.9 Å². The second-order valence-corrected chi connectivity index (χ2v) is 7.61. The Morgan fingerprint density at radius 1 is 1.20 bits per heavy atom. The number of rotatable bonds is 7. The highest BCUT2D eigenvalue weighted by Crippen LogP contribution is 2.26. The maximum Gasteiger partial charge on any atom is 0.277 e. The summed E-state index contributed by atoms with van der Waals surface area (Å²) in [6.07, 6.45) is 0. The van der Waals surface area contributed by atoms with Crippen molar-refractivity contribution < 1.29 is 9.21 Å². The van der Waals surface area contributed by atoms with Crippen molar-refractivity contribution in [2.24, 2.45) is 0 Å². The summed E-state index contributed by atoms with van der Waals surface area (Å²) in [6, 6.07) is 14.0. The van der Waals surface area contributed by atoms with Crippen LogP contribution in [0.4, 0.5) is 0 Å². The fourth-order valence-corrected chi connectivity index (χ4v) is 3.61. The van der Waals surface area contributed by atoms with Crippen LogP contribution in [0.2, 0.25) is 0 Å². The topological polar surface area (TPSA) is 59.2 Å². The normalized spacial score (nSPS) is 11.0. The molecule has 2 aromatic heterocycles. The zero-order valence-corrected chi connectivity index (χ0v) is 15.7. The largest absolute Gasteiger partial charge is 0.410 e. The van der Waals surface area contributed by atoms with Crippen LogP contribution in [0.5, 0.6) is 0 Å². The third-order valence-corrected chi connectivity index (χ3v) is 5.26. The van der Waals surface area contributed by atoms with Gasteiger partial charge >= 0.3 is 0 Å². The van der Waals surface area contributed by atoms with Gasteiger partial charge in [-0.25, -0.2) is 0 Å². The van der Waals surface area contributed by atoms with E-state index in [0.29, 0.717) is 17.7 Å². The van der Waals surface area contributed by atoms with Gasteiger partial charge in [0.05, 0.1) is 10.6 Å². The van der Waals surface area contributed by atoms with Crippen LogP contribution in [-0.2, 0) is 11.3 Å². The van der Waals surface area contributed by atoms with Crippen molar-refractivity contribution in [1.29, 1.82) is 0 Å². The molecule has 3 aromatic rings. The fraction of sp³-hybridized carbons (Fsp3) is 0.278. The van der Waals surface area contributed by atoms with Gasteiger partial charge in [0.15, 0.2) is 0 Å². The Labute approximate surface area is 155 Å². The molecule has 0 unspecified atom stereocenters. The number of aromatic nitrogens is 2. The predicted molar refractivity (Wildman–Crippen MR) is 100 cm³/mol. The van der Waals surface area contributed by atoms with Crippen LogP contribution in [0.25, 0.3) is 10.8 Å². The number of carbonyl (C=O) groups excluding carboxylic acids is 1. The van der Waals surface area contributed by atoms with E-state index in [9.17, 15) is 4.79 Å². The molecule has 0 saturated heterocycles. The summed E-state index contributed by atoms with van der Waals surface area (Å²) in [4.78, 5) is 15.4. The lowest BCUT2D eigenvalue weighted by Gasteiger charge is -2.26. The van der Waals surface area contributed by atoms with Crippen molar-refractivity contribution >= 4 is 29.0 Å². The average molecular weight is 374 g/mol. The SMILES string of the molecule is CC(C)N(Cc1ccccc1)C(=O)CSc1nnc(-c2cccs2)o1. The number of thioether (sulfide) groups is 1. The molecule has 2 heterocycles. The Bertz CT molecular complexity index is 801. The average Bonchev–Trinajstić information content (AvgIpc) is 3.29. The molecule has 1 aromatic carbocycles. The molecule has 7 heteroatoms. The summed E-state index contributed by atoms with van der Waals surface area (Å²) in [5.41, 5.74) is 1.12. The van der Waals surface area contributed by atoms with Gasteiger partial charge in [-0.3, -0.25) is 4.79 Å². The van der Waals surface area contributed by atoms with E-state index in [-0.39, 0.29) is 17.7 Å². The first-order chi connectivity index (χ1) is 12.1. The van der Waals surface area contributed by atoms with Crippen molar-refractivity contribution in [2.45, 2.75) is 31.7 Å². The first kappa shape index (κ1) is 17.7. The number of benzene rings is 1. The molecule has 0 saturated carbocycles. The van der Waals surface area contributed by atoms with Gasteiger partial charge in [0.1, 0.15) is 0 Å². The minimum absolute atomic E-state index is 0.0553. The van der Waals surface area contributed by atoms with Gasteiger partial charge in [-0.1, -0.05) is 48.2 Å². The Morgan fingerprint density at radius 2 is 2.00 bits per heavy atom. The Balaban J connectivity index is 1.60. The molecule has 0 atom stereocenters. The summed E-state index contributed by atoms with van der Waals surface area (Å²) in [5, 5.41) is 10.4. The summed E-state index contributed by atoms with van der Waals surface area (Å²) < 4.78 is 5.62. The van der Waals surface area contributed by atoms with E-state index >= 15 is 0 Å². The zero-order valence-electron chi connectivity index (χ0n) is 14.1. The fourth-order valence-electron chi connectivity index (χ4n) is 2.31. The van der Waals surface area contributed by atoms with Gasteiger partial charge in [0.25, 0.3) is 11.1 Å². The second-order valence-electron chi connectivity index (χ2n) is 5.74. The summed E-state index contributed by atoms with van der Waals surface area (Å²) in [5.74, 6) is 0.826. The highest BCUT2D eigenvalue weighted by Gasteiger charge is 2.19. The van der Waals surface area contributed by atoms with Gasteiger partial charge in [0.2, 0.25) is 5.91 Å². The van der Waals surface area contributed by atoms with E-state index in [0.717, 1.165) is 10.4 Å². The van der Waals surface area contributed by atoms with E-state index in [1.165, 1.54) is 11.8 Å². The molecule has 0 N–H and O–H groups in total. The van der Waals surface area contributed by atoms with Gasteiger partial charge in [-0.2, -0.15) is 0 Å². The number of amides is 1. The molecule has 1 amide bonds. The molecule has 3 rings (SSSR count). The van der Waals surface area contributed by atoms with Crippen molar-refractivity contribution in [3.63, 3.8) is 0 Å². The van der Waals surface area contributed by atoms with Crippen molar-refractivity contribution in [1.82, 2.24) is 15.1 Å². The third-order valence-electron chi connectivity index (χ3n) is 3.60. The molecule has 5 nitrogen and oxygen atoms in total. The number of carbonyl (C=O) groups is 1. The van der Waals surface area contributed by atoms with E-state index < -0.39 is 0 Å². The standard InChI is InChI=1S/C18H19N3O2S2/c1-13(2)21(11-14-7-4-3-5-8-14)16(22)12-25-18-20-19-17(23-18)15-9-6-10-24-15/h3-10,13H,11-12H2,1-2H3. The minimum atomic E-state index is 0.0553. The molecular formula is C18H19N3O2S2. The summed E-state index contributed by atoms with van der Waals surface area (Å²) in [7, 11) is 0. The predicted octanol–water partition coefficient (Wildman–Crippen LogP) is 4.33. The molecule has 130 valence electrons.